The summed E-state index contributed by atoms with van der Waals surface area (Å²) in [5, 5.41) is 42.8. The Labute approximate surface area is 122 Å². The molecule has 0 unspecified atom stereocenters. The van der Waals surface area contributed by atoms with Crippen LogP contribution in [0.3, 0.4) is 0 Å². The summed E-state index contributed by atoms with van der Waals surface area (Å²) in [7, 11) is 0. The van der Waals surface area contributed by atoms with E-state index in [-0.39, 0.29) is 33.0 Å². The van der Waals surface area contributed by atoms with Gasteiger partial charge >= 0.3 is 0 Å². The van der Waals surface area contributed by atoms with Crippen LogP contribution in [0.25, 0.3) is 0 Å². The molecule has 6 nitrogen and oxygen atoms in total. The van der Waals surface area contributed by atoms with Crippen molar-refractivity contribution in [2.45, 2.75) is 39.0 Å². The van der Waals surface area contributed by atoms with Gasteiger partial charge in [0.15, 0.2) is 0 Å². The molecule has 6 heteroatoms. The highest BCUT2D eigenvalue weighted by Gasteiger charge is 2.24. The van der Waals surface area contributed by atoms with Crippen LogP contribution < -0.4 is 0 Å². The van der Waals surface area contributed by atoms with E-state index in [1.807, 2.05) is 6.92 Å². The fourth-order valence-electron chi connectivity index (χ4n) is 1.22. The molecule has 0 fully saturated rings. The molecule has 0 radical (unpaired) electrons. The largest absolute Gasteiger partial charge is 0.396 e. The van der Waals surface area contributed by atoms with Gasteiger partial charge in [0.05, 0.1) is 19.8 Å². The summed E-state index contributed by atoms with van der Waals surface area (Å²) >= 11 is 0. The highest BCUT2D eigenvalue weighted by atomic mass is 16.5. The molecule has 0 saturated heterocycles. The highest BCUT2D eigenvalue weighted by molar-refractivity contribution is 4.74. The smallest absolute Gasteiger partial charge is 0.0531 e. The van der Waals surface area contributed by atoms with Gasteiger partial charge in [-0.25, -0.2) is 0 Å². The van der Waals surface area contributed by atoms with E-state index in [0.29, 0.717) is 6.42 Å². The number of aliphatic hydroxyl groups is 5. The summed E-state index contributed by atoms with van der Waals surface area (Å²) in [4.78, 5) is 0. The topological polar surface area (TPSA) is 110 Å². The summed E-state index contributed by atoms with van der Waals surface area (Å²) in [6, 6.07) is 0. The number of rotatable bonds is 12. The van der Waals surface area contributed by atoms with Gasteiger partial charge in [0.25, 0.3) is 0 Å². The minimum atomic E-state index is -0.667. The van der Waals surface area contributed by atoms with Gasteiger partial charge in [-0.2, -0.15) is 0 Å². The molecular weight excluding hydrogens is 264 g/mol. The van der Waals surface area contributed by atoms with Crippen LogP contribution in [0.2, 0.25) is 0 Å². The van der Waals surface area contributed by atoms with Gasteiger partial charge in [0.2, 0.25) is 0 Å². The van der Waals surface area contributed by atoms with Crippen LogP contribution in [0.15, 0.2) is 0 Å². The molecule has 0 aromatic carbocycles. The Balaban J connectivity index is 0. The van der Waals surface area contributed by atoms with E-state index in [2.05, 4.69) is 0 Å². The van der Waals surface area contributed by atoms with E-state index >= 15 is 0 Å². The van der Waals surface area contributed by atoms with Crippen LogP contribution in [-0.2, 0) is 4.74 Å². The minimum absolute atomic E-state index is 0.156. The Bertz CT molecular complexity index is 148. The number of unbranched alkanes of at least 4 members (excludes halogenated alkanes) is 2. The Hall–Kier alpha value is -0.240. The maximum Gasteiger partial charge on any atom is 0.0531 e. The highest BCUT2D eigenvalue weighted by Crippen LogP contribution is 2.18. The van der Waals surface area contributed by atoms with Crippen LogP contribution in [0, 0.1) is 5.41 Å². The van der Waals surface area contributed by atoms with Crippen molar-refractivity contribution in [3.63, 3.8) is 0 Å². The lowest BCUT2D eigenvalue weighted by atomic mass is 9.88. The molecule has 0 rings (SSSR count). The number of hydrogen-bond acceptors (Lipinski definition) is 6. The maximum atomic E-state index is 8.66. The van der Waals surface area contributed by atoms with Crippen molar-refractivity contribution in [2.75, 3.05) is 46.2 Å². The molecule has 0 aromatic rings. The molecule has 0 aromatic heterocycles. The molecule has 124 valence electrons. The second-order valence-electron chi connectivity index (χ2n) is 4.80. The zero-order valence-electron chi connectivity index (χ0n) is 12.6. The predicted molar refractivity (Wildman–Crippen MR) is 77.4 cm³/mol. The molecule has 0 bridgehead atoms. The van der Waals surface area contributed by atoms with Crippen molar-refractivity contribution < 1.29 is 30.3 Å². The summed E-state index contributed by atoms with van der Waals surface area (Å²) < 4.78 is 5.22. The van der Waals surface area contributed by atoms with Crippen LogP contribution in [0.4, 0.5) is 0 Å². The molecule has 0 aliphatic carbocycles. The lowest BCUT2D eigenvalue weighted by molar-refractivity contribution is 0.00304. The summed E-state index contributed by atoms with van der Waals surface area (Å²) in [5.74, 6) is 0. The van der Waals surface area contributed by atoms with E-state index in [4.69, 9.17) is 30.3 Å². The third-order valence-corrected chi connectivity index (χ3v) is 3.15. The van der Waals surface area contributed by atoms with E-state index < -0.39 is 5.41 Å². The predicted octanol–water partition coefficient (Wildman–Crippen LogP) is -0.0923. The van der Waals surface area contributed by atoms with Crippen LogP contribution in [-0.4, -0.2) is 71.8 Å². The van der Waals surface area contributed by atoms with Crippen molar-refractivity contribution in [1.29, 1.82) is 0 Å². The normalized spacial score (nSPS) is 11.1. The van der Waals surface area contributed by atoms with Crippen molar-refractivity contribution in [3.05, 3.63) is 0 Å². The quantitative estimate of drug-likeness (QED) is 0.322. The van der Waals surface area contributed by atoms with Gasteiger partial charge in [-0.3, -0.25) is 0 Å². The van der Waals surface area contributed by atoms with Gasteiger partial charge in [-0.1, -0.05) is 6.92 Å². The first-order valence-electron chi connectivity index (χ1n) is 7.28. The average molecular weight is 296 g/mol. The molecule has 5 N–H and O–H groups in total. The van der Waals surface area contributed by atoms with Crippen LogP contribution in [0.5, 0.6) is 0 Å². The SMILES string of the molecule is CCC(CO)(CO)CO.OCCCCOCCCCO. The fraction of sp³-hybridized carbons (Fsp3) is 1.00. The molecule has 0 atom stereocenters. The second kappa shape index (κ2) is 16.8. The molecule has 0 spiro atoms. The summed E-state index contributed by atoms with van der Waals surface area (Å²) in [5.41, 5.74) is -0.667. The third-order valence-electron chi connectivity index (χ3n) is 3.15. The molecule has 20 heavy (non-hydrogen) atoms. The summed E-state index contributed by atoms with van der Waals surface area (Å²) in [6.45, 7) is 3.31. The summed E-state index contributed by atoms with van der Waals surface area (Å²) in [6.07, 6.45) is 4.09. The Morgan fingerprint density at radius 3 is 1.30 bits per heavy atom. The van der Waals surface area contributed by atoms with Crippen molar-refractivity contribution >= 4 is 0 Å². The van der Waals surface area contributed by atoms with Gasteiger partial charge in [-0.15, -0.1) is 0 Å². The maximum absolute atomic E-state index is 8.66. The first-order valence-corrected chi connectivity index (χ1v) is 7.28. The minimum Gasteiger partial charge on any atom is -0.396 e. The van der Waals surface area contributed by atoms with E-state index in [1.165, 1.54) is 0 Å². The fourth-order valence-corrected chi connectivity index (χ4v) is 1.22. The van der Waals surface area contributed by atoms with Crippen LogP contribution in [0.1, 0.15) is 39.0 Å². The van der Waals surface area contributed by atoms with E-state index in [1.54, 1.807) is 0 Å². The number of ether oxygens (including phenoxy) is 1. The lowest BCUT2D eigenvalue weighted by Gasteiger charge is -2.24. The Kier molecular flexibility index (Phi) is 18.5. The first-order chi connectivity index (χ1) is 9.66. The zero-order valence-corrected chi connectivity index (χ0v) is 12.6. The molecule has 0 aliphatic rings. The first kappa shape index (κ1) is 22.0. The van der Waals surface area contributed by atoms with Gasteiger partial charge in [-0.05, 0) is 32.1 Å². The van der Waals surface area contributed by atoms with Gasteiger partial charge in [0.1, 0.15) is 0 Å². The number of hydrogen-bond donors (Lipinski definition) is 5. The lowest BCUT2D eigenvalue weighted by Crippen LogP contribution is -2.32. The molecular formula is C14H32O6. The van der Waals surface area contributed by atoms with Crippen molar-refractivity contribution in [1.82, 2.24) is 0 Å². The van der Waals surface area contributed by atoms with E-state index in [0.717, 1.165) is 38.9 Å². The van der Waals surface area contributed by atoms with Crippen molar-refractivity contribution in [2.24, 2.45) is 5.41 Å². The average Bonchev–Trinajstić information content (AvgIpc) is 2.50. The van der Waals surface area contributed by atoms with Crippen LogP contribution >= 0.6 is 0 Å². The van der Waals surface area contributed by atoms with Gasteiger partial charge in [0, 0.05) is 31.8 Å². The number of aliphatic hydroxyl groups excluding tert-OH is 5. The monoisotopic (exact) mass is 296 g/mol. The van der Waals surface area contributed by atoms with E-state index in [9.17, 15) is 0 Å². The Morgan fingerprint density at radius 2 is 1.10 bits per heavy atom. The molecule has 0 heterocycles. The van der Waals surface area contributed by atoms with Gasteiger partial charge < -0.3 is 30.3 Å². The third kappa shape index (κ3) is 12.8. The van der Waals surface area contributed by atoms with Crippen molar-refractivity contribution in [3.8, 4) is 0 Å². The second-order valence-corrected chi connectivity index (χ2v) is 4.80. The molecule has 0 amide bonds. The zero-order chi connectivity index (χ0) is 15.7. The standard InChI is InChI=1S/C8H18O3.C6H14O3/c9-5-1-3-7-11-8-4-2-6-10;1-2-6(3-7,4-8)5-9/h9-10H,1-8H2;7-9H,2-5H2,1H3. The molecule has 0 aliphatic heterocycles. The Morgan fingerprint density at radius 1 is 0.700 bits per heavy atom. The molecule has 0 saturated carbocycles.